The number of rotatable bonds is 30. The zero-order valence-electron chi connectivity index (χ0n) is 25.3. The summed E-state index contributed by atoms with van der Waals surface area (Å²) >= 11 is 0. The third kappa shape index (κ3) is 30.5. The van der Waals surface area contributed by atoms with Gasteiger partial charge in [-0.15, -0.1) is 9.24 Å². The Morgan fingerprint density at radius 2 is 0.486 bits per heavy atom. The van der Waals surface area contributed by atoms with Gasteiger partial charge in [-0.1, -0.05) is 201 Å². The molecule has 0 N–H and O–H groups in total. The van der Waals surface area contributed by atoms with E-state index in [4.69, 9.17) is 0 Å². The summed E-state index contributed by atoms with van der Waals surface area (Å²) in [6.45, 7) is 7.10. The fourth-order valence-electron chi connectivity index (χ4n) is 5.57. The van der Waals surface area contributed by atoms with Gasteiger partial charge in [0.15, 0.2) is 0 Å². The zero-order valence-corrected chi connectivity index (χ0v) is 26.4. The molecule has 0 aromatic carbocycles. The molecule has 0 aliphatic rings. The van der Waals surface area contributed by atoms with Gasteiger partial charge in [0.05, 0.1) is 0 Å². The van der Waals surface area contributed by atoms with Gasteiger partial charge >= 0.3 is 0 Å². The molecule has 0 bridgehead atoms. The molecule has 0 aliphatic carbocycles. The summed E-state index contributed by atoms with van der Waals surface area (Å²) in [5.74, 6) is 0. The highest BCUT2D eigenvalue weighted by atomic mass is 31.0. The van der Waals surface area contributed by atoms with Crippen LogP contribution in [0.15, 0.2) is 0 Å². The van der Waals surface area contributed by atoms with Crippen molar-refractivity contribution in [3.8, 4) is 0 Å². The lowest BCUT2D eigenvalue weighted by molar-refractivity contribution is 0.461. The van der Waals surface area contributed by atoms with E-state index in [2.05, 4.69) is 30.0 Å². The number of hydrogen-bond donors (Lipinski definition) is 0. The average Bonchev–Trinajstić information content (AvgIpc) is 2.84. The molecule has 0 radical (unpaired) electrons. The fraction of sp³-hybridized carbons (Fsp3) is 1.00. The molecule has 0 heterocycles. The molecular formula is C34H71P. The summed E-state index contributed by atoms with van der Waals surface area (Å²) < 4.78 is 0. The van der Waals surface area contributed by atoms with Crippen molar-refractivity contribution in [3.63, 3.8) is 0 Å². The SMILES string of the molecule is CCCCCCCCCCCCCCCCC(C)(P)CCCCCCCCCCCCCCCC. The fourth-order valence-corrected chi connectivity index (χ4v) is 5.98. The molecule has 0 saturated heterocycles. The molecule has 212 valence electrons. The van der Waals surface area contributed by atoms with Crippen LogP contribution in [0.1, 0.15) is 213 Å². The van der Waals surface area contributed by atoms with Crippen molar-refractivity contribution < 1.29 is 0 Å². The highest BCUT2D eigenvalue weighted by Crippen LogP contribution is 2.31. The maximum absolute atomic E-state index is 3.21. The second-order valence-electron chi connectivity index (χ2n) is 12.3. The van der Waals surface area contributed by atoms with Gasteiger partial charge in [0.2, 0.25) is 0 Å². The van der Waals surface area contributed by atoms with Crippen molar-refractivity contribution in [2.45, 2.75) is 219 Å². The lowest BCUT2D eigenvalue weighted by Gasteiger charge is -2.24. The molecule has 0 nitrogen and oxygen atoms in total. The minimum absolute atomic E-state index is 0.494. The highest BCUT2D eigenvalue weighted by molar-refractivity contribution is 7.18. The Morgan fingerprint density at radius 1 is 0.314 bits per heavy atom. The minimum Gasteiger partial charge on any atom is -0.131 e. The molecule has 0 saturated carbocycles. The zero-order chi connectivity index (χ0) is 25.7. The molecule has 0 rings (SSSR count). The molecule has 0 fully saturated rings. The molecule has 35 heavy (non-hydrogen) atoms. The van der Waals surface area contributed by atoms with Crippen LogP contribution in [0.3, 0.4) is 0 Å². The molecule has 0 spiro atoms. The van der Waals surface area contributed by atoms with E-state index < -0.39 is 0 Å². The van der Waals surface area contributed by atoms with E-state index in [0.717, 1.165) is 0 Å². The summed E-state index contributed by atoms with van der Waals surface area (Å²) in [5, 5.41) is 0.494. The summed E-state index contributed by atoms with van der Waals surface area (Å²) in [4.78, 5) is 0. The van der Waals surface area contributed by atoms with Crippen LogP contribution in [0, 0.1) is 0 Å². The van der Waals surface area contributed by atoms with Crippen molar-refractivity contribution >= 4 is 9.24 Å². The normalized spacial score (nSPS) is 12.0. The van der Waals surface area contributed by atoms with Crippen LogP contribution in [0.4, 0.5) is 0 Å². The van der Waals surface area contributed by atoms with Gasteiger partial charge in [0, 0.05) is 0 Å². The Hall–Kier alpha value is 0.430. The van der Waals surface area contributed by atoms with Crippen LogP contribution in [-0.2, 0) is 0 Å². The van der Waals surface area contributed by atoms with Gasteiger partial charge in [0.25, 0.3) is 0 Å². The lowest BCUT2D eigenvalue weighted by Crippen LogP contribution is -2.15. The van der Waals surface area contributed by atoms with Crippen molar-refractivity contribution in [1.29, 1.82) is 0 Å². The van der Waals surface area contributed by atoms with E-state index in [0.29, 0.717) is 5.16 Å². The topological polar surface area (TPSA) is 0 Å². The molecule has 1 unspecified atom stereocenters. The van der Waals surface area contributed by atoms with E-state index in [9.17, 15) is 0 Å². The maximum atomic E-state index is 3.21. The van der Waals surface area contributed by atoms with Gasteiger partial charge in [0.1, 0.15) is 0 Å². The second kappa shape index (κ2) is 29.0. The molecule has 0 aliphatic heterocycles. The Morgan fingerprint density at radius 3 is 0.686 bits per heavy atom. The van der Waals surface area contributed by atoms with Crippen LogP contribution < -0.4 is 0 Å². The molecule has 1 heteroatoms. The van der Waals surface area contributed by atoms with Crippen LogP contribution in [-0.4, -0.2) is 5.16 Å². The Bertz CT molecular complexity index is 341. The molecule has 1 atom stereocenters. The largest absolute Gasteiger partial charge is 0.131 e. The number of unbranched alkanes of at least 4 members (excludes halogenated alkanes) is 26. The highest BCUT2D eigenvalue weighted by Gasteiger charge is 2.16. The van der Waals surface area contributed by atoms with Crippen LogP contribution in [0.2, 0.25) is 0 Å². The first-order valence-corrected chi connectivity index (χ1v) is 17.5. The van der Waals surface area contributed by atoms with E-state index in [1.54, 1.807) is 0 Å². The summed E-state index contributed by atoms with van der Waals surface area (Å²) in [6, 6.07) is 0. The monoisotopic (exact) mass is 511 g/mol. The van der Waals surface area contributed by atoms with Crippen LogP contribution >= 0.6 is 9.24 Å². The van der Waals surface area contributed by atoms with Gasteiger partial charge in [-0.3, -0.25) is 0 Å². The minimum atomic E-state index is 0.494. The first-order chi connectivity index (χ1) is 17.1. The summed E-state index contributed by atoms with van der Waals surface area (Å²) in [5.41, 5.74) is 0. The van der Waals surface area contributed by atoms with Crippen molar-refractivity contribution in [1.82, 2.24) is 0 Å². The van der Waals surface area contributed by atoms with E-state index in [-0.39, 0.29) is 0 Å². The van der Waals surface area contributed by atoms with Crippen LogP contribution in [0.5, 0.6) is 0 Å². The number of hydrogen-bond acceptors (Lipinski definition) is 0. The molecule has 0 aromatic heterocycles. The molecule has 0 amide bonds. The van der Waals surface area contributed by atoms with Crippen molar-refractivity contribution in [2.75, 3.05) is 0 Å². The summed E-state index contributed by atoms with van der Waals surface area (Å²) in [7, 11) is 3.21. The van der Waals surface area contributed by atoms with Crippen molar-refractivity contribution in [2.24, 2.45) is 0 Å². The first-order valence-electron chi connectivity index (χ1n) is 16.9. The van der Waals surface area contributed by atoms with E-state index in [1.807, 2.05) is 0 Å². The third-order valence-corrected chi connectivity index (χ3v) is 8.78. The van der Waals surface area contributed by atoms with E-state index in [1.165, 1.54) is 193 Å². The van der Waals surface area contributed by atoms with Gasteiger partial charge in [-0.25, -0.2) is 0 Å². The maximum Gasteiger partial charge on any atom is -0.0178 e. The van der Waals surface area contributed by atoms with Gasteiger partial charge in [-0.2, -0.15) is 0 Å². The Kier molecular flexibility index (Phi) is 29.3. The predicted molar refractivity (Wildman–Crippen MR) is 168 cm³/mol. The smallest absolute Gasteiger partial charge is 0.0178 e. The predicted octanol–water partition coefficient (Wildman–Crippen LogP) is 13.4. The Labute approximate surface area is 227 Å². The first kappa shape index (κ1) is 35.4. The standard InChI is InChI=1S/C34H71P/c1-4-6-8-10-12-14-16-18-20-22-24-26-28-30-32-34(3,35)33-31-29-27-25-23-21-19-17-15-13-11-9-7-5-2/h4-33,35H2,1-3H3. The quantitative estimate of drug-likeness (QED) is 0.0665. The third-order valence-electron chi connectivity index (χ3n) is 8.20. The second-order valence-corrected chi connectivity index (χ2v) is 13.7. The van der Waals surface area contributed by atoms with E-state index >= 15 is 0 Å². The van der Waals surface area contributed by atoms with Gasteiger partial charge in [-0.05, 0) is 18.0 Å². The lowest BCUT2D eigenvalue weighted by atomic mass is 9.94. The van der Waals surface area contributed by atoms with Gasteiger partial charge < -0.3 is 0 Å². The van der Waals surface area contributed by atoms with Crippen molar-refractivity contribution in [3.05, 3.63) is 0 Å². The molecule has 0 aromatic rings. The Balaban J connectivity index is 3.28. The average molecular weight is 511 g/mol. The summed E-state index contributed by atoms with van der Waals surface area (Å²) in [6.07, 6.45) is 43.8. The van der Waals surface area contributed by atoms with Crippen LogP contribution in [0.25, 0.3) is 0 Å². The molecular weight excluding hydrogens is 439 g/mol.